The fraction of sp³-hybridized carbons (Fsp3) is 0.824. The van der Waals surface area contributed by atoms with Gasteiger partial charge in [-0.15, -0.1) is 0 Å². The second kappa shape index (κ2) is 8.89. The van der Waals surface area contributed by atoms with Crippen molar-refractivity contribution in [2.45, 2.75) is 64.6 Å². The maximum Gasteiger partial charge on any atom is 0.329 e. The van der Waals surface area contributed by atoms with Gasteiger partial charge < -0.3 is 20.5 Å². The molecule has 1 amide bonds. The summed E-state index contributed by atoms with van der Waals surface area (Å²) in [6.45, 7) is 6.30. The predicted octanol–water partition coefficient (Wildman–Crippen LogP) is 1.30. The van der Waals surface area contributed by atoms with Crippen LogP contribution < -0.4 is 5.73 Å². The normalized spacial score (nSPS) is 23.0. The molecule has 25 heavy (non-hydrogen) atoms. The number of carbonyl (C=O) groups is 3. The Morgan fingerprint density at radius 1 is 1.32 bits per heavy atom. The molecule has 0 bridgehead atoms. The first kappa shape index (κ1) is 21.8. The molecule has 0 aliphatic heterocycles. The number of methoxy groups -OCH3 is 1. The molecule has 1 saturated carbocycles. The standard InChI is InChI=1S/C17H30N2O5S/c1-17(2,3)10-6-5-7-12(10)19(13(9-25)16(23)24-4)15(22)11(18)8-14(20)21/h10-13,25H,5-9,18H2,1-4H3,(H,20,21)/t10?,11-,12?,13+/m0/s1. The molecule has 1 aliphatic carbocycles. The third kappa shape index (κ3) is 5.34. The van der Waals surface area contributed by atoms with E-state index >= 15 is 0 Å². The number of aliphatic carboxylic acids is 1. The van der Waals surface area contributed by atoms with Gasteiger partial charge in [0.15, 0.2) is 0 Å². The zero-order valence-corrected chi connectivity index (χ0v) is 16.3. The lowest BCUT2D eigenvalue weighted by atomic mass is 9.76. The van der Waals surface area contributed by atoms with E-state index in [-0.39, 0.29) is 23.1 Å². The van der Waals surface area contributed by atoms with Crippen molar-refractivity contribution in [1.82, 2.24) is 4.90 Å². The third-order valence-electron chi connectivity index (χ3n) is 4.90. The summed E-state index contributed by atoms with van der Waals surface area (Å²) < 4.78 is 4.84. The highest BCUT2D eigenvalue weighted by molar-refractivity contribution is 7.80. The molecule has 1 rings (SSSR count). The third-order valence-corrected chi connectivity index (χ3v) is 5.24. The van der Waals surface area contributed by atoms with Crippen LogP contribution in [0.15, 0.2) is 0 Å². The number of esters is 1. The second-order valence-electron chi connectivity index (χ2n) is 7.64. The van der Waals surface area contributed by atoms with Crippen LogP contribution in [0.3, 0.4) is 0 Å². The first-order valence-corrected chi connectivity index (χ1v) is 9.16. The summed E-state index contributed by atoms with van der Waals surface area (Å²) in [5.74, 6) is -1.98. The van der Waals surface area contributed by atoms with E-state index in [1.807, 2.05) is 0 Å². The molecule has 0 aromatic carbocycles. The summed E-state index contributed by atoms with van der Waals surface area (Å²) in [5, 5.41) is 8.95. The Bertz CT molecular complexity index is 506. The van der Waals surface area contributed by atoms with Gasteiger partial charge in [0.05, 0.1) is 19.6 Å². The van der Waals surface area contributed by atoms with Crippen LogP contribution in [0.25, 0.3) is 0 Å². The van der Waals surface area contributed by atoms with E-state index in [2.05, 4.69) is 33.4 Å². The lowest BCUT2D eigenvalue weighted by Gasteiger charge is -2.42. The second-order valence-corrected chi connectivity index (χ2v) is 8.01. The van der Waals surface area contributed by atoms with Gasteiger partial charge in [0.25, 0.3) is 0 Å². The largest absolute Gasteiger partial charge is 0.481 e. The van der Waals surface area contributed by atoms with Crippen LogP contribution in [0.1, 0.15) is 46.5 Å². The number of carbonyl (C=O) groups excluding carboxylic acids is 2. The molecule has 1 aliphatic rings. The number of thiol groups is 1. The maximum absolute atomic E-state index is 13.0. The Labute approximate surface area is 154 Å². The Balaban J connectivity index is 3.24. The van der Waals surface area contributed by atoms with Gasteiger partial charge in [-0.2, -0.15) is 12.6 Å². The molecule has 144 valence electrons. The van der Waals surface area contributed by atoms with E-state index in [9.17, 15) is 14.4 Å². The fourth-order valence-corrected chi connectivity index (χ4v) is 4.04. The van der Waals surface area contributed by atoms with Gasteiger partial charge in [-0.3, -0.25) is 9.59 Å². The van der Waals surface area contributed by atoms with E-state index in [0.717, 1.165) is 19.3 Å². The van der Waals surface area contributed by atoms with Crippen LogP contribution in [0, 0.1) is 11.3 Å². The van der Waals surface area contributed by atoms with Crippen molar-refractivity contribution in [2.75, 3.05) is 12.9 Å². The van der Waals surface area contributed by atoms with Gasteiger partial charge in [0.2, 0.25) is 5.91 Å². The van der Waals surface area contributed by atoms with Crippen LogP contribution in [-0.4, -0.2) is 58.8 Å². The molecule has 0 spiro atoms. The first-order valence-electron chi connectivity index (χ1n) is 8.52. The number of carboxylic acid groups (broad SMARTS) is 1. The van der Waals surface area contributed by atoms with Crippen LogP contribution in [0.2, 0.25) is 0 Å². The lowest BCUT2D eigenvalue weighted by molar-refractivity contribution is -0.156. The van der Waals surface area contributed by atoms with Crippen LogP contribution in [-0.2, 0) is 19.1 Å². The highest BCUT2D eigenvalue weighted by atomic mass is 32.1. The number of hydrogen-bond donors (Lipinski definition) is 3. The zero-order chi connectivity index (χ0) is 19.4. The lowest BCUT2D eigenvalue weighted by Crippen LogP contribution is -2.59. The molecule has 7 nitrogen and oxygen atoms in total. The Hall–Kier alpha value is -1.28. The number of amides is 1. The monoisotopic (exact) mass is 374 g/mol. The Morgan fingerprint density at radius 3 is 2.36 bits per heavy atom. The van der Waals surface area contributed by atoms with Crippen molar-refractivity contribution in [1.29, 1.82) is 0 Å². The average molecular weight is 375 g/mol. The van der Waals surface area contributed by atoms with Crippen molar-refractivity contribution in [3.8, 4) is 0 Å². The number of hydrogen-bond acceptors (Lipinski definition) is 6. The van der Waals surface area contributed by atoms with E-state index in [4.69, 9.17) is 15.6 Å². The molecule has 1 fully saturated rings. The number of nitrogens with two attached hydrogens (primary N) is 1. The number of carboxylic acids is 1. The molecule has 4 atom stereocenters. The Kier molecular flexibility index (Phi) is 7.74. The van der Waals surface area contributed by atoms with Gasteiger partial charge in [0.1, 0.15) is 6.04 Å². The zero-order valence-electron chi connectivity index (χ0n) is 15.4. The van der Waals surface area contributed by atoms with Gasteiger partial charge in [-0.1, -0.05) is 27.2 Å². The SMILES string of the molecule is COC(=O)[C@@H](CS)N(C(=O)[C@@H](N)CC(=O)O)C1CCCC1C(C)(C)C. The summed E-state index contributed by atoms with van der Waals surface area (Å²) in [5.41, 5.74) is 5.76. The summed E-state index contributed by atoms with van der Waals surface area (Å²) in [6.07, 6.45) is 2.13. The molecule has 0 aromatic heterocycles. The number of nitrogens with zero attached hydrogens (tertiary/aromatic N) is 1. The van der Waals surface area contributed by atoms with Crippen molar-refractivity contribution in [2.24, 2.45) is 17.1 Å². The summed E-state index contributed by atoms with van der Waals surface area (Å²) in [4.78, 5) is 37.6. The van der Waals surface area contributed by atoms with E-state index < -0.39 is 36.4 Å². The van der Waals surface area contributed by atoms with Crippen molar-refractivity contribution in [3.05, 3.63) is 0 Å². The first-order chi connectivity index (χ1) is 11.5. The molecular weight excluding hydrogens is 344 g/mol. The Morgan fingerprint density at radius 2 is 1.92 bits per heavy atom. The molecule has 2 unspecified atom stereocenters. The minimum Gasteiger partial charge on any atom is -0.481 e. The summed E-state index contributed by atoms with van der Waals surface area (Å²) in [7, 11) is 1.26. The van der Waals surface area contributed by atoms with Gasteiger partial charge in [-0.25, -0.2) is 4.79 Å². The van der Waals surface area contributed by atoms with Crippen molar-refractivity contribution >= 4 is 30.5 Å². The minimum absolute atomic E-state index is 0.0616. The van der Waals surface area contributed by atoms with E-state index in [1.54, 1.807) is 0 Å². The fourth-order valence-electron chi connectivity index (χ4n) is 3.71. The number of rotatable bonds is 7. The number of ether oxygens (including phenoxy) is 1. The van der Waals surface area contributed by atoms with Crippen molar-refractivity contribution < 1.29 is 24.2 Å². The predicted molar refractivity (Wildman–Crippen MR) is 97.3 cm³/mol. The highest BCUT2D eigenvalue weighted by Gasteiger charge is 2.45. The smallest absolute Gasteiger partial charge is 0.329 e. The van der Waals surface area contributed by atoms with Crippen molar-refractivity contribution in [3.63, 3.8) is 0 Å². The summed E-state index contributed by atoms with van der Waals surface area (Å²) >= 11 is 4.22. The van der Waals surface area contributed by atoms with Crippen LogP contribution in [0.4, 0.5) is 0 Å². The molecule has 0 saturated heterocycles. The van der Waals surface area contributed by atoms with Crippen LogP contribution in [0.5, 0.6) is 0 Å². The molecule has 3 N–H and O–H groups in total. The minimum atomic E-state index is -1.20. The van der Waals surface area contributed by atoms with Crippen LogP contribution >= 0.6 is 12.6 Å². The molecule has 0 aromatic rings. The van der Waals surface area contributed by atoms with Gasteiger partial charge in [-0.05, 0) is 24.2 Å². The van der Waals surface area contributed by atoms with E-state index in [0.29, 0.717) is 0 Å². The molecule has 0 heterocycles. The summed E-state index contributed by atoms with van der Waals surface area (Å²) in [6, 6.07) is -2.28. The highest BCUT2D eigenvalue weighted by Crippen LogP contribution is 2.42. The topological polar surface area (TPSA) is 110 Å². The average Bonchev–Trinajstić information content (AvgIpc) is 2.99. The van der Waals surface area contributed by atoms with Gasteiger partial charge in [0, 0.05) is 11.8 Å². The molecule has 8 heteroatoms. The molecule has 0 radical (unpaired) electrons. The molecular formula is C17H30N2O5S. The van der Waals surface area contributed by atoms with E-state index in [1.165, 1.54) is 12.0 Å². The quantitative estimate of drug-likeness (QED) is 0.458. The van der Waals surface area contributed by atoms with Gasteiger partial charge >= 0.3 is 11.9 Å². The maximum atomic E-state index is 13.0.